The van der Waals surface area contributed by atoms with Crippen LogP contribution < -0.4 is 10.2 Å². The highest BCUT2D eigenvalue weighted by Gasteiger charge is 2.30. The van der Waals surface area contributed by atoms with E-state index in [0.29, 0.717) is 36.6 Å². The van der Waals surface area contributed by atoms with Crippen molar-refractivity contribution in [3.8, 4) is 0 Å². The van der Waals surface area contributed by atoms with Crippen LogP contribution >= 0.6 is 11.6 Å². The van der Waals surface area contributed by atoms with Gasteiger partial charge in [-0.15, -0.1) is 0 Å². The Morgan fingerprint density at radius 3 is 2.90 bits per heavy atom. The van der Waals surface area contributed by atoms with Gasteiger partial charge in [-0.3, -0.25) is 9.59 Å². The quantitative estimate of drug-likeness (QED) is 0.863. The minimum Gasteiger partial charge on any atom is -0.377 e. The molecule has 0 saturated carbocycles. The van der Waals surface area contributed by atoms with E-state index in [0.717, 1.165) is 5.69 Å². The first kappa shape index (κ1) is 15.8. The number of ether oxygens (including phenoxy) is 1. The van der Waals surface area contributed by atoms with Crippen LogP contribution in [0.5, 0.6) is 0 Å². The Labute approximate surface area is 129 Å². The molecule has 1 aromatic carbocycles. The zero-order chi connectivity index (χ0) is 15.4. The molecule has 1 aliphatic heterocycles. The summed E-state index contributed by atoms with van der Waals surface area (Å²) in [5, 5.41) is 3.29. The van der Waals surface area contributed by atoms with E-state index in [2.05, 4.69) is 5.32 Å². The van der Waals surface area contributed by atoms with Crippen LogP contribution in [0.2, 0.25) is 5.02 Å². The zero-order valence-corrected chi connectivity index (χ0v) is 12.9. The fourth-order valence-corrected chi connectivity index (χ4v) is 2.52. The van der Waals surface area contributed by atoms with Crippen LogP contribution in [0.15, 0.2) is 18.2 Å². The maximum Gasteiger partial charge on any atom is 0.245 e. The molecule has 1 fully saturated rings. The van der Waals surface area contributed by atoms with E-state index in [1.165, 1.54) is 0 Å². The number of carbonyl (C=O) groups excluding carboxylic acids is 2. The van der Waals surface area contributed by atoms with Gasteiger partial charge in [0.2, 0.25) is 5.91 Å². The Morgan fingerprint density at radius 2 is 2.29 bits per heavy atom. The molecule has 21 heavy (non-hydrogen) atoms. The Bertz CT molecular complexity index is 534. The summed E-state index contributed by atoms with van der Waals surface area (Å²) in [6, 6.07) is 4.86. The van der Waals surface area contributed by atoms with E-state index in [-0.39, 0.29) is 18.0 Å². The molecule has 1 N–H and O–H groups in total. The van der Waals surface area contributed by atoms with Gasteiger partial charge in [-0.2, -0.15) is 0 Å². The predicted octanol–water partition coefficient (Wildman–Crippen LogP) is 1.88. The number of nitrogens with zero attached hydrogens (tertiary/aromatic N) is 1. The Morgan fingerprint density at radius 1 is 1.52 bits per heavy atom. The topological polar surface area (TPSA) is 58.6 Å². The van der Waals surface area contributed by atoms with Crippen molar-refractivity contribution in [1.82, 2.24) is 5.32 Å². The lowest BCUT2D eigenvalue weighted by atomic mass is 10.1. The van der Waals surface area contributed by atoms with Crippen LogP contribution in [0.4, 0.5) is 5.69 Å². The molecular formula is C15H19ClN2O3. The molecule has 1 amide bonds. The number of benzene rings is 1. The summed E-state index contributed by atoms with van der Waals surface area (Å²) in [6.45, 7) is 5.33. The number of amides is 1. The highest BCUT2D eigenvalue weighted by atomic mass is 35.5. The summed E-state index contributed by atoms with van der Waals surface area (Å²) in [5.74, 6) is -0.0692. The van der Waals surface area contributed by atoms with E-state index in [9.17, 15) is 9.59 Å². The first-order chi connectivity index (χ1) is 10.0. The normalized spacial score (nSPS) is 18.7. The molecule has 2 rings (SSSR count). The standard InChI is InChI=1S/C15H19ClN2O3/c1-10(2)17-15(20)14-9-21-6-5-18(14)12-4-3-11(8-19)13(16)7-12/h3-4,7-8,10,14H,5-6,9H2,1-2H3,(H,17,20). The third kappa shape index (κ3) is 3.74. The fourth-order valence-electron chi connectivity index (χ4n) is 2.30. The second kappa shape index (κ2) is 6.91. The molecule has 0 aromatic heterocycles. The summed E-state index contributed by atoms with van der Waals surface area (Å²) in [7, 11) is 0. The van der Waals surface area contributed by atoms with Gasteiger partial charge in [-0.25, -0.2) is 0 Å². The molecule has 114 valence electrons. The third-order valence-electron chi connectivity index (χ3n) is 3.30. The van der Waals surface area contributed by atoms with Crippen molar-refractivity contribution in [2.45, 2.75) is 25.9 Å². The van der Waals surface area contributed by atoms with Gasteiger partial charge in [0.05, 0.1) is 18.2 Å². The van der Waals surface area contributed by atoms with Crippen LogP contribution in [-0.2, 0) is 9.53 Å². The van der Waals surface area contributed by atoms with E-state index in [1.54, 1.807) is 18.2 Å². The summed E-state index contributed by atoms with van der Waals surface area (Å²) in [6.07, 6.45) is 0.717. The molecule has 5 nitrogen and oxygen atoms in total. The van der Waals surface area contributed by atoms with Gasteiger partial charge in [0.15, 0.2) is 6.29 Å². The summed E-state index contributed by atoms with van der Waals surface area (Å²) >= 11 is 6.07. The average Bonchev–Trinajstić information content (AvgIpc) is 2.46. The molecule has 1 heterocycles. The van der Waals surface area contributed by atoms with E-state index in [4.69, 9.17) is 16.3 Å². The van der Waals surface area contributed by atoms with Gasteiger partial charge < -0.3 is 15.0 Å². The maximum absolute atomic E-state index is 12.3. The highest BCUT2D eigenvalue weighted by Crippen LogP contribution is 2.25. The van der Waals surface area contributed by atoms with Crippen LogP contribution in [0, 0.1) is 0 Å². The molecule has 1 saturated heterocycles. The number of aldehydes is 1. The van der Waals surface area contributed by atoms with Crippen molar-refractivity contribution in [2.24, 2.45) is 0 Å². The number of nitrogens with one attached hydrogen (secondary N) is 1. The number of anilines is 1. The predicted molar refractivity (Wildman–Crippen MR) is 82.1 cm³/mol. The summed E-state index contributed by atoms with van der Waals surface area (Å²) in [5.41, 5.74) is 1.26. The van der Waals surface area contributed by atoms with E-state index in [1.807, 2.05) is 18.7 Å². The summed E-state index contributed by atoms with van der Waals surface area (Å²) in [4.78, 5) is 25.1. The average molecular weight is 311 g/mol. The van der Waals surface area contributed by atoms with E-state index >= 15 is 0 Å². The van der Waals surface area contributed by atoms with Gasteiger partial charge in [-0.1, -0.05) is 11.6 Å². The molecule has 0 radical (unpaired) electrons. The highest BCUT2D eigenvalue weighted by molar-refractivity contribution is 6.33. The van der Waals surface area contributed by atoms with Crippen molar-refractivity contribution >= 4 is 29.5 Å². The Balaban J connectivity index is 2.24. The zero-order valence-electron chi connectivity index (χ0n) is 12.1. The first-order valence-corrected chi connectivity index (χ1v) is 7.30. The van der Waals surface area contributed by atoms with Gasteiger partial charge in [0.25, 0.3) is 0 Å². The maximum atomic E-state index is 12.3. The van der Waals surface area contributed by atoms with Crippen LogP contribution in [0.3, 0.4) is 0 Å². The Kier molecular flexibility index (Phi) is 5.20. The number of halogens is 1. The molecule has 1 aromatic rings. The van der Waals surface area contributed by atoms with E-state index < -0.39 is 0 Å². The van der Waals surface area contributed by atoms with Gasteiger partial charge in [-0.05, 0) is 32.0 Å². The lowest BCUT2D eigenvalue weighted by Gasteiger charge is -2.36. The second-order valence-corrected chi connectivity index (χ2v) is 5.68. The molecule has 0 spiro atoms. The largest absolute Gasteiger partial charge is 0.377 e. The first-order valence-electron chi connectivity index (χ1n) is 6.92. The number of morpholine rings is 1. The third-order valence-corrected chi connectivity index (χ3v) is 3.63. The number of hydrogen-bond donors (Lipinski definition) is 1. The molecule has 0 bridgehead atoms. The van der Waals surface area contributed by atoms with Crippen LogP contribution in [-0.4, -0.2) is 44.0 Å². The lowest BCUT2D eigenvalue weighted by Crippen LogP contribution is -2.55. The molecule has 1 aliphatic rings. The lowest BCUT2D eigenvalue weighted by molar-refractivity contribution is -0.125. The van der Waals surface area contributed by atoms with Gasteiger partial charge >= 0.3 is 0 Å². The SMILES string of the molecule is CC(C)NC(=O)C1COCCN1c1ccc(C=O)c(Cl)c1. The molecular weight excluding hydrogens is 292 g/mol. The Hall–Kier alpha value is -1.59. The van der Waals surface area contributed by atoms with Crippen molar-refractivity contribution in [1.29, 1.82) is 0 Å². The minimum absolute atomic E-state index is 0.0692. The molecule has 1 unspecified atom stereocenters. The molecule has 1 atom stereocenters. The summed E-state index contributed by atoms with van der Waals surface area (Å²) < 4.78 is 5.42. The number of carbonyl (C=O) groups is 2. The monoisotopic (exact) mass is 310 g/mol. The number of hydrogen-bond acceptors (Lipinski definition) is 4. The van der Waals surface area contributed by atoms with Crippen molar-refractivity contribution in [3.63, 3.8) is 0 Å². The van der Waals surface area contributed by atoms with Crippen molar-refractivity contribution < 1.29 is 14.3 Å². The second-order valence-electron chi connectivity index (χ2n) is 5.27. The van der Waals surface area contributed by atoms with Crippen LogP contribution in [0.1, 0.15) is 24.2 Å². The minimum atomic E-state index is -0.390. The molecule has 0 aliphatic carbocycles. The van der Waals surface area contributed by atoms with Gasteiger partial charge in [0, 0.05) is 23.8 Å². The smallest absolute Gasteiger partial charge is 0.245 e. The number of rotatable bonds is 4. The van der Waals surface area contributed by atoms with Crippen molar-refractivity contribution in [2.75, 3.05) is 24.7 Å². The fraction of sp³-hybridized carbons (Fsp3) is 0.467. The van der Waals surface area contributed by atoms with Gasteiger partial charge in [0.1, 0.15) is 6.04 Å². The van der Waals surface area contributed by atoms with Crippen LogP contribution in [0.25, 0.3) is 0 Å². The molecule has 6 heteroatoms. The van der Waals surface area contributed by atoms with Crippen molar-refractivity contribution in [3.05, 3.63) is 28.8 Å².